The Hall–Kier alpha value is -0.980. The van der Waals surface area contributed by atoms with Gasteiger partial charge in [-0.2, -0.15) is 13.2 Å². The number of rotatable bonds is 4. The molecule has 0 aromatic rings. The molecular formula is C15H21F3N2OS. The second-order valence-corrected chi connectivity index (χ2v) is 7.59. The van der Waals surface area contributed by atoms with E-state index >= 15 is 0 Å². The predicted octanol–water partition coefficient (Wildman–Crippen LogP) is 4.05. The average molecular weight is 334 g/mol. The first-order valence-electron chi connectivity index (χ1n) is 7.50. The largest absolute Gasteiger partial charge is 0.391 e. The van der Waals surface area contributed by atoms with Crippen molar-refractivity contribution in [2.24, 2.45) is 10.9 Å². The molecule has 1 heterocycles. The van der Waals surface area contributed by atoms with Gasteiger partial charge in [0.25, 0.3) is 0 Å². The summed E-state index contributed by atoms with van der Waals surface area (Å²) in [5.74, 6) is -1.28. The molecule has 0 spiro atoms. The lowest BCUT2D eigenvalue weighted by Crippen LogP contribution is -2.34. The summed E-state index contributed by atoms with van der Waals surface area (Å²) in [6, 6.07) is -0.122. The van der Waals surface area contributed by atoms with Gasteiger partial charge in [0.05, 0.1) is 16.7 Å². The summed E-state index contributed by atoms with van der Waals surface area (Å²) >= 11 is 1.38. The molecule has 1 aliphatic carbocycles. The van der Waals surface area contributed by atoms with Crippen molar-refractivity contribution in [3.8, 4) is 0 Å². The van der Waals surface area contributed by atoms with E-state index in [0.717, 1.165) is 6.42 Å². The Morgan fingerprint density at radius 1 is 1.41 bits per heavy atom. The van der Waals surface area contributed by atoms with E-state index in [9.17, 15) is 18.0 Å². The van der Waals surface area contributed by atoms with E-state index in [2.05, 4.69) is 16.9 Å². The quantitative estimate of drug-likeness (QED) is 0.788. The fourth-order valence-corrected chi connectivity index (χ4v) is 3.95. The second kappa shape index (κ2) is 6.64. The third-order valence-corrected chi connectivity index (χ3v) is 5.55. The van der Waals surface area contributed by atoms with Crippen molar-refractivity contribution in [3.05, 3.63) is 12.7 Å². The maximum absolute atomic E-state index is 12.6. The number of nitrogens with one attached hydrogen (secondary N) is 1. The van der Waals surface area contributed by atoms with Crippen molar-refractivity contribution < 1.29 is 18.0 Å². The van der Waals surface area contributed by atoms with Gasteiger partial charge >= 0.3 is 6.18 Å². The first kappa shape index (κ1) is 17.4. The SMILES string of the molecule is C=CCC[C@@]1(C)SC(=NC2CCC(C(F)(F)F)CC2)NC1=O. The smallest absolute Gasteiger partial charge is 0.304 e. The Morgan fingerprint density at radius 2 is 2.05 bits per heavy atom. The number of amidine groups is 1. The van der Waals surface area contributed by atoms with E-state index in [1.165, 1.54) is 11.8 Å². The summed E-state index contributed by atoms with van der Waals surface area (Å²) in [6.45, 7) is 5.51. The number of carbonyl (C=O) groups is 1. The van der Waals surface area contributed by atoms with Gasteiger partial charge in [-0.05, 0) is 45.4 Å². The molecule has 1 N–H and O–H groups in total. The van der Waals surface area contributed by atoms with E-state index in [0.29, 0.717) is 24.4 Å². The Morgan fingerprint density at radius 3 is 2.59 bits per heavy atom. The minimum absolute atomic E-state index is 0.0814. The molecule has 0 aromatic heterocycles. The molecule has 3 nitrogen and oxygen atoms in total. The van der Waals surface area contributed by atoms with Crippen LogP contribution in [-0.4, -0.2) is 28.0 Å². The van der Waals surface area contributed by atoms with Crippen LogP contribution in [0.15, 0.2) is 17.6 Å². The van der Waals surface area contributed by atoms with Gasteiger partial charge < -0.3 is 5.32 Å². The normalized spacial score (nSPS) is 34.7. The van der Waals surface area contributed by atoms with E-state index in [4.69, 9.17) is 0 Å². The molecule has 1 saturated heterocycles. The first-order chi connectivity index (χ1) is 10.2. The van der Waals surface area contributed by atoms with Gasteiger partial charge in [0, 0.05) is 0 Å². The molecule has 0 aromatic carbocycles. The molecule has 0 bridgehead atoms. The molecule has 1 saturated carbocycles. The number of nitrogens with zero attached hydrogens (tertiary/aromatic N) is 1. The van der Waals surface area contributed by atoms with Crippen molar-refractivity contribution >= 4 is 22.8 Å². The van der Waals surface area contributed by atoms with Crippen LogP contribution in [0.5, 0.6) is 0 Å². The Kier molecular flexibility index (Phi) is 5.25. The standard InChI is InChI=1S/C15H21F3N2OS/c1-3-4-9-14(2)12(21)20-13(22-14)19-11-7-5-10(6-8-11)15(16,17)18/h3,10-11H,1,4-9H2,2H3,(H,19,20,21)/t10?,11?,14-/m1/s1. The van der Waals surface area contributed by atoms with Crippen molar-refractivity contribution in [1.82, 2.24) is 5.32 Å². The molecule has 1 amide bonds. The van der Waals surface area contributed by atoms with Gasteiger partial charge in [0.1, 0.15) is 0 Å². The zero-order valence-electron chi connectivity index (χ0n) is 12.6. The Labute approximate surface area is 132 Å². The number of halogens is 3. The summed E-state index contributed by atoms with van der Waals surface area (Å²) in [5.41, 5.74) is 0. The zero-order chi connectivity index (χ0) is 16.4. The van der Waals surface area contributed by atoms with Crippen molar-refractivity contribution in [2.75, 3.05) is 0 Å². The average Bonchev–Trinajstić information content (AvgIpc) is 2.71. The van der Waals surface area contributed by atoms with Crippen LogP contribution in [0.2, 0.25) is 0 Å². The van der Waals surface area contributed by atoms with Crippen LogP contribution in [0.3, 0.4) is 0 Å². The number of allylic oxidation sites excluding steroid dienone is 1. The van der Waals surface area contributed by atoms with E-state index in [-0.39, 0.29) is 24.8 Å². The van der Waals surface area contributed by atoms with E-state index in [1.807, 2.05) is 6.92 Å². The van der Waals surface area contributed by atoms with Gasteiger partial charge in [-0.1, -0.05) is 17.8 Å². The molecule has 2 rings (SSSR count). The maximum atomic E-state index is 12.6. The monoisotopic (exact) mass is 334 g/mol. The summed E-state index contributed by atoms with van der Waals surface area (Å²) < 4.78 is 37.4. The van der Waals surface area contributed by atoms with Crippen LogP contribution in [0.1, 0.15) is 45.4 Å². The number of hydrogen-bond acceptors (Lipinski definition) is 3. The van der Waals surface area contributed by atoms with Gasteiger partial charge in [-0.3, -0.25) is 9.79 Å². The van der Waals surface area contributed by atoms with Crippen LogP contribution in [0.4, 0.5) is 13.2 Å². The zero-order valence-corrected chi connectivity index (χ0v) is 13.4. The lowest BCUT2D eigenvalue weighted by molar-refractivity contribution is -0.182. The fraction of sp³-hybridized carbons (Fsp3) is 0.733. The molecule has 2 aliphatic rings. The van der Waals surface area contributed by atoms with Crippen LogP contribution < -0.4 is 5.32 Å². The highest BCUT2D eigenvalue weighted by atomic mass is 32.2. The van der Waals surface area contributed by atoms with Gasteiger partial charge in [-0.25, -0.2) is 0 Å². The third-order valence-electron chi connectivity index (χ3n) is 4.31. The highest BCUT2D eigenvalue weighted by molar-refractivity contribution is 8.16. The molecule has 0 radical (unpaired) electrons. The number of aliphatic imine (C=N–C) groups is 1. The number of hydrogen-bond donors (Lipinski definition) is 1. The summed E-state index contributed by atoms with van der Waals surface area (Å²) in [7, 11) is 0. The minimum Gasteiger partial charge on any atom is -0.304 e. The predicted molar refractivity (Wildman–Crippen MR) is 82.8 cm³/mol. The number of alkyl halides is 3. The molecule has 1 aliphatic heterocycles. The number of amides is 1. The lowest BCUT2D eigenvalue weighted by Gasteiger charge is -2.28. The maximum Gasteiger partial charge on any atom is 0.391 e. The summed E-state index contributed by atoms with van der Waals surface area (Å²) in [4.78, 5) is 16.5. The van der Waals surface area contributed by atoms with Crippen molar-refractivity contribution in [3.63, 3.8) is 0 Å². The minimum atomic E-state index is -4.10. The van der Waals surface area contributed by atoms with Crippen LogP contribution >= 0.6 is 11.8 Å². The van der Waals surface area contributed by atoms with Crippen LogP contribution in [0, 0.1) is 5.92 Å². The fourth-order valence-electron chi connectivity index (χ4n) is 2.81. The molecule has 2 fully saturated rings. The Balaban J connectivity index is 1.92. The molecule has 7 heteroatoms. The number of carbonyl (C=O) groups excluding carboxylic acids is 1. The van der Waals surface area contributed by atoms with Crippen molar-refractivity contribution in [1.29, 1.82) is 0 Å². The molecule has 0 unspecified atom stereocenters. The van der Waals surface area contributed by atoms with E-state index in [1.54, 1.807) is 6.08 Å². The highest BCUT2D eigenvalue weighted by Crippen LogP contribution is 2.40. The Bertz CT molecular complexity index is 470. The second-order valence-electron chi connectivity index (χ2n) is 6.10. The summed E-state index contributed by atoms with van der Waals surface area (Å²) in [5, 5.41) is 3.31. The lowest BCUT2D eigenvalue weighted by atomic mass is 9.86. The topological polar surface area (TPSA) is 41.5 Å². The van der Waals surface area contributed by atoms with Gasteiger partial charge in [0.15, 0.2) is 5.17 Å². The van der Waals surface area contributed by atoms with Crippen LogP contribution in [-0.2, 0) is 4.79 Å². The summed E-state index contributed by atoms with van der Waals surface area (Å²) in [6.07, 6.45) is 0.174. The molecular weight excluding hydrogens is 313 g/mol. The van der Waals surface area contributed by atoms with Crippen molar-refractivity contribution in [2.45, 2.75) is 62.4 Å². The highest BCUT2D eigenvalue weighted by Gasteiger charge is 2.43. The first-order valence-corrected chi connectivity index (χ1v) is 8.32. The molecule has 1 atom stereocenters. The molecule has 124 valence electrons. The number of thioether (sulfide) groups is 1. The third kappa shape index (κ3) is 4.06. The van der Waals surface area contributed by atoms with E-state index < -0.39 is 16.8 Å². The van der Waals surface area contributed by atoms with Gasteiger partial charge in [0.2, 0.25) is 5.91 Å². The molecule has 22 heavy (non-hydrogen) atoms. The van der Waals surface area contributed by atoms with Crippen LogP contribution in [0.25, 0.3) is 0 Å². The van der Waals surface area contributed by atoms with Gasteiger partial charge in [-0.15, -0.1) is 6.58 Å².